The highest BCUT2D eigenvalue weighted by molar-refractivity contribution is 7.89. The van der Waals surface area contributed by atoms with Crippen LogP contribution in [-0.4, -0.2) is 20.4 Å². The first-order valence-electron chi connectivity index (χ1n) is 5.73. The van der Waals surface area contributed by atoms with Crippen molar-refractivity contribution in [1.82, 2.24) is 5.32 Å². The lowest BCUT2D eigenvalue weighted by Crippen LogP contribution is -2.33. The van der Waals surface area contributed by atoms with E-state index in [2.05, 4.69) is 5.32 Å². The van der Waals surface area contributed by atoms with E-state index in [1.165, 1.54) is 13.0 Å². The number of carbonyl (C=O) groups excluding carboxylic acids is 1. The van der Waals surface area contributed by atoms with Crippen LogP contribution in [-0.2, 0) is 10.0 Å². The van der Waals surface area contributed by atoms with Crippen LogP contribution >= 0.6 is 0 Å². The number of sulfonamides is 1. The molecule has 100 valence electrons. The van der Waals surface area contributed by atoms with Crippen LogP contribution in [0.5, 0.6) is 0 Å². The van der Waals surface area contributed by atoms with E-state index in [4.69, 9.17) is 9.56 Å². The van der Waals surface area contributed by atoms with Crippen LogP contribution in [0.4, 0.5) is 0 Å². The van der Waals surface area contributed by atoms with Crippen molar-refractivity contribution < 1.29 is 17.6 Å². The molecule has 0 bridgehead atoms. The topological polar surface area (TPSA) is 102 Å². The number of nitrogens with one attached hydrogen (secondary N) is 1. The minimum absolute atomic E-state index is 0.0241. The first-order chi connectivity index (χ1) is 8.29. The van der Waals surface area contributed by atoms with Crippen LogP contribution in [0.25, 0.3) is 0 Å². The summed E-state index contributed by atoms with van der Waals surface area (Å²) in [7, 11) is -3.85. The Kier molecular flexibility index (Phi) is 3.20. The Labute approximate surface area is 106 Å². The second-order valence-electron chi connectivity index (χ2n) is 4.68. The Bertz CT molecular complexity index is 572. The summed E-state index contributed by atoms with van der Waals surface area (Å²) in [6.45, 7) is 3.38. The molecule has 1 aromatic rings. The molecule has 7 heteroatoms. The molecule has 2 rings (SSSR count). The van der Waals surface area contributed by atoms with E-state index in [1.54, 1.807) is 0 Å². The van der Waals surface area contributed by atoms with Gasteiger partial charge in [-0.05, 0) is 32.6 Å². The Morgan fingerprint density at radius 1 is 1.56 bits per heavy atom. The molecule has 0 spiro atoms. The van der Waals surface area contributed by atoms with Crippen molar-refractivity contribution in [2.24, 2.45) is 11.1 Å². The highest BCUT2D eigenvalue weighted by atomic mass is 32.2. The monoisotopic (exact) mass is 272 g/mol. The molecular formula is C11H16N2O4S. The summed E-state index contributed by atoms with van der Waals surface area (Å²) in [5, 5.41) is 7.79. The summed E-state index contributed by atoms with van der Waals surface area (Å²) in [5.41, 5.74) is 0. The van der Waals surface area contributed by atoms with Gasteiger partial charge in [-0.1, -0.05) is 0 Å². The zero-order chi connectivity index (χ0) is 13.5. The van der Waals surface area contributed by atoms with Gasteiger partial charge in [-0.2, -0.15) is 0 Å². The third kappa shape index (κ3) is 2.73. The van der Waals surface area contributed by atoms with E-state index < -0.39 is 15.9 Å². The minimum Gasteiger partial charge on any atom is -0.455 e. The molecule has 3 N–H and O–H groups in total. The number of amides is 1. The van der Waals surface area contributed by atoms with Crippen LogP contribution in [0.15, 0.2) is 15.4 Å². The van der Waals surface area contributed by atoms with Gasteiger partial charge < -0.3 is 9.73 Å². The Morgan fingerprint density at radius 2 is 2.17 bits per heavy atom. The maximum Gasteiger partial charge on any atom is 0.287 e. The van der Waals surface area contributed by atoms with Gasteiger partial charge in [0.1, 0.15) is 10.7 Å². The van der Waals surface area contributed by atoms with E-state index in [1.807, 2.05) is 6.92 Å². The molecule has 6 nitrogen and oxygen atoms in total. The van der Waals surface area contributed by atoms with Crippen molar-refractivity contribution in [3.05, 3.63) is 17.6 Å². The zero-order valence-electron chi connectivity index (χ0n) is 10.3. The Balaban J connectivity index is 2.16. The molecule has 0 aromatic carbocycles. The molecular weight excluding hydrogens is 256 g/mol. The van der Waals surface area contributed by atoms with Crippen molar-refractivity contribution >= 4 is 15.9 Å². The van der Waals surface area contributed by atoms with Crippen molar-refractivity contribution in [2.45, 2.75) is 37.6 Å². The first kappa shape index (κ1) is 13.1. The summed E-state index contributed by atoms with van der Waals surface area (Å²) in [6.07, 6.45) is 2.22. The number of hydrogen-bond acceptors (Lipinski definition) is 4. The molecule has 1 aliphatic rings. The van der Waals surface area contributed by atoms with Gasteiger partial charge in [0.25, 0.3) is 5.91 Å². The van der Waals surface area contributed by atoms with Crippen molar-refractivity contribution in [3.63, 3.8) is 0 Å². The first-order valence-corrected chi connectivity index (χ1v) is 7.28. The van der Waals surface area contributed by atoms with Crippen molar-refractivity contribution in [1.29, 1.82) is 0 Å². The number of rotatable bonds is 4. The number of hydrogen-bond donors (Lipinski definition) is 2. The number of nitrogens with two attached hydrogens (primary N) is 1. The summed E-state index contributed by atoms with van der Waals surface area (Å²) in [4.78, 5) is 11.7. The number of furan rings is 1. The molecule has 0 radical (unpaired) electrons. The summed E-state index contributed by atoms with van der Waals surface area (Å²) < 4.78 is 27.6. The molecule has 1 atom stereocenters. The van der Waals surface area contributed by atoms with Crippen LogP contribution in [0.1, 0.15) is 36.1 Å². The van der Waals surface area contributed by atoms with Gasteiger partial charge >= 0.3 is 0 Å². The molecule has 1 heterocycles. The predicted octanol–water partition coefficient (Wildman–Crippen LogP) is 0.764. The van der Waals surface area contributed by atoms with Gasteiger partial charge in [0.2, 0.25) is 10.0 Å². The SMILES string of the molecule is Cc1oc(C(=O)NC(C)C2CC2)cc1S(N)(=O)=O. The van der Waals surface area contributed by atoms with Gasteiger partial charge in [-0.25, -0.2) is 13.6 Å². The quantitative estimate of drug-likeness (QED) is 0.844. The van der Waals surface area contributed by atoms with E-state index in [-0.39, 0.29) is 22.5 Å². The lowest BCUT2D eigenvalue weighted by Gasteiger charge is -2.10. The summed E-state index contributed by atoms with van der Waals surface area (Å²) >= 11 is 0. The fraction of sp³-hybridized carbons (Fsp3) is 0.545. The second-order valence-corrected chi connectivity index (χ2v) is 6.21. The fourth-order valence-corrected chi connectivity index (χ4v) is 2.57. The molecule has 0 aliphatic heterocycles. The molecule has 1 aromatic heterocycles. The fourth-order valence-electron chi connectivity index (χ4n) is 1.85. The molecule has 1 aliphatic carbocycles. The van der Waals surface area contributed by atoms with E-state index >= 15 is 0 Å². The van der Waals surface area contributed by atoms with Gasteiger partial charge in [0.05, 0.1) is 0 Å². The molecule has 0 saturated heterocycles. The van der Waals surface area contributed by atoms with E-state index in [0.29, 0.717) is 5.92 Å². The van der Waals surface area contributed by atoms with Crippen molar-refractivity contribution in [2.75, 3.05) is 0 Å². The normalized spacial score (nSPS) is 17.5. The number of aryl methyl sites for hydroxylation is 1. The number of carbonyl (C=O) groups is 1. The molecule has 1 amide bonds. The standard InChI is InChI=1S/C11H16N2O4S/c1-6(8-3-4-8)13-11(14)9-5-10(7(2)17-9)18(12,15)16/h5-6,8H,3-4H2,1-2H3,(H,13,14)(H2,12,15,16). The predicted molar refractivity (Wildman–Crippen MR) is 64.5 cm³/mol. The lowest BCUT2D eigenvalue weighted by atomic mass is 10.2. The van der Waals surface area contributed by atoms with E-state index in [0.717, 1.165) is 12.8 Å². The van der Waals surface area contributed by atoms with Crippen LogP contribution in [0.3, 0.4) is 0 Å². The maximum atomic E-state index is 11.8. The van der Waals surface area contributed by atoms with Gasteiger partial charge in [-0.15, -0.1) is 0 Å². The third-order valence-corrected chi connectivity index (χ3v) is 4.11. The summed E-state index contributed by atoms with van der Waals surface area (Å²) in [6, 6.07) is 1.24. The lowest BCUT2D eigenvalue weighted by molar-refractivity contribution is 0.0906. The van der Waals surface area contributed by atoms with Crippen LogP contribution < -0.4 is 10.5 Å². The third-order valence-electron chi connectivity index (χ3n) is 3.09. The molecule has 1 saturated carbocycles. The largest absolute Gasteiger partial charge is 0.455 e. The molecule has 18 heavy (non-hydrogen) atoms. The van der Waals surface area contributed by atoms with Gasteiger partial charge in [0, 0.05) is 12.1 Å². The minimum atomic E-state index is -3.85. The van der Waals surface area contributed by atoms with Crippen LogP contribution in [0.2, 0.25) is 0 Å². The van der Waals surface area contributed by atoms with Gasteiger partial charge in [-0.3, -0.25) is 4.79 Å². The average Bonchev–Trinajstić information content (AvgIpc) is 3.00. The number of primary sulfonamides is 1. The van der Waals surface area contributed by atoms with Crippen molar-refractivity contribution in [3.8, 4) is 0 Å². The second kappa shape index (κ2) is 4.40. The zero-order valence-corrected chi connectivity index (χ0v) is 11.1. The Morgan fingerprint density at radius 3 is 2.61 bits per heavy atom. The molecule has 1 fully saturated rings. The maximum absolute atomic E-state index is 11.8. The Hall–Kier alpha value is -1.34. The highest BCUT2D eigenvalue weighted by Gasteiger charge is 2.30. The molecule has 1 unspecified atom stereocenters. The van der Waals surface area contributed by atoms with Gasteiger partial charge in [0.15, 0.2) is 5.76 Å². The smallest absolute Gasteiger partial charge is 0.287 e. The summed E-state index contributed by atoms with van der Waals surface area (Å²) in [5.74, 6) is 0.209. The van der Waals surface area contributed by atoms with E-state index in [9.17, 15) is 13.2 Å². The average molecular weight is 272 g/mol. The highest BCUT2D eigenvalue weighted by Crippen LogP contribution is 2.32. The van der Waals surface area contributed by atoms with Crippen LogP contribution in [0, 0.1) is 12.8 Å².